The molecule has 1 aromatic carbocycles. The van der Waals surface area contributed by atoms with Crippen molar-refractivity contribution in [1.82, 2.24) is 10.1 Å². The number of rotatable bonds is 5. The summed E-state index contributed by atoms with van der Waals surface area (Å²) >= 11 is 6.10. The molecule has 2 aromatic rings. The van der Waals surface area contributed by atoms with Gasteiger partial charge in [0, 0.05) is 11.4 Å². The highest BCUT2D eigenvalue weighted by Gasteiger charge is 2.37. The molecular formula is C15H17ClN2O3. The fourth-order valence-electron chi connectivity index (χ4n) is 1.79. The number of carbonyl (C=O) groups is 1. The first-order valence-corrected chi connectivity index (χ1v) is 7.06. The van der Waals surface area contributed by atoms with Crippen molar-refractivity contribution in [3.05, 3.63) is 46.6 Å². The molecule has 0 unspecified atom stereocenters. The number of halogens is 1. The van der Waals surface area contributed by atoms with Gasteiger partial charge in [0.25, 0.3) is 0 Å². The Hall–Kier alpha value is -1.88. The molecule has 0 aliphatic rings. The van der Waals surface area contributed by atoms with E-state index in [-0.39, 0.29) is 5.89 Å². The zero-order chi connectivity index (χ0) is 15.5. The molecule has 2 rings (SSSR count). The van der Waals surface area contributed by atoms with Crippen LogP contribution in [0.5, 0.6) is 0 Å². The fourth-order valence-corrected chi connectivity index (χ4v) is 1.99. The summed E-state index contributed by atoms with van der Waals surface area (Å²) in [7, 11) is 0. The minimum atomic E-state index is -0.970. The Kier molecular flexibility index (Phi) is 4.63. The lowest BCUT2D eigenvalue weighted by atomic mass is 9.94. The molecule has 0 radical (unpaired) electrons. The summed E-state index contributed by atoms with van der Waals surface area (Å²) in [5.74, 6) is 0.330. The van der Waals surface area contributed by atoms with Crippen LogP contribution in [0.25, 0.3) is 0 Å². The van der Waals surface area contributed by atoms with Crippen LogP contribution in [-0.2, 0) is 21.4 Å². The standard InChI is InChI=1S/C15H17ClN2O3/c1-4-20-14(19)15(2,3)13-17-12(18-21-13)9-10-7-5-6-8-11(10)16/h5-8H,4,9H2,1-3H3. The average Bonchev–Trinajstić information content (AvgIpc) is 2.91. The van der Waals surface area contributed by atoms with Gasteiger partial charge in [0.15, 0.2) is 5.82 Å². The van der Waals surface area contributed by atoms with Gasteiger partial charge >= 0.3 is 5.97 Å². The molecule has 0 atom stereocenters. The number of nitrogens with zero attached hydrogens (tertiary/aromatic N) is 2. The van der Waals surface area contributed by atoms with E-state index in [2.05, 4.69) is 10.1 Å². The number of hydrogen-bond donors (Lipinski definition) is 0. The van der Waals surface area contributed by atoms with Gasteiger partial charge in [-0.2, -0.15) is 4.98 Å². The first-order chi connectivity index (χ1) is 9.95. The quantitative estimate of drug-likeness (QED) is 0.794. The molecule has 1 heterocycles. The van der Waals surface area contributed by atoms with E-state index < -0.39 is 11.4 Å². The molecule has 0 amide bonds. The normalized spacial score (nSPS) is 11.4. The summed E-state index contributed by atoms with van der Waals surface area (Å²) in [6.45, 7) is 5.45. The third-order valence-electron chi connectivity index (χ3n) is 3.09. The Bertz CT molecular complexity index is 637. The SMILES string of the molecule is CCOC(=O)C(C)(C)c1nc(Cc2ccccc2Cl)no1. The zero-order valence-corrected chi connectivity index (χ0v) is 13.0. The van der Waals surface area contributed by atoms with Crippen LogP contribution in [0.2, 0.25) is 5.02 Å². The number of ether oxygens (including phenoxy) is 1. The van der Waals surface area contributed by atoms with E-state index in [1.165, 1.54) is 0 Å². The Morgan fingerprint density at radius 1 is 1.38 bits per heavy atom. The smallest absolute Gasteiger partial charge is 0.321 e. The summed E-state index contributed by atoms with van der Waals surface area (Å²) in [5.41, 5.74) is -0.0673. The summed E-state index contributed by atoms with van der Waals surface area (Å²) < 4.78 is 10.2. The number of aromatic nitrogens is 2. The second-order valence-corrected chi connectivity index (χ2v) is 5.54. The highest BCUT2D eigenvalue weighted by Crippen LogP contribution is 2.24. The molecule has 0 bridgehead atoms. The second kappa shape index (κ2) is 6.26. The number of hydrogen-bond acceptors (Lipinski definition) is 5. The van der Waals surface area contributed by atoms with Gasteiger partial charge in [0.2, 0.25) is 5.89 Å². The highest BCUT2D eigenvalue weighted by molar-refractivity contribution is 6.31. The molecule has 0 spiro atoms. The van der Waals surface area contributed by atoms with E-state index in [9.17, 15) is 4.79 Å². The summed E-state index contributed by atoms with van der Waals surface area (Å²) in [6.07, 6.45) is 0.447. The van der Waals surface area contributed by atoms with Crippen molar-refractivity contribution in [2.24, 2.45) is 0 Å². The molecule has 0 saturated heterocycles. The first-order valence-electron chi connectivity index (χ1n) is 6.68. The minimum Gasteiger partial charge on any atom is -0.465 e. The van der Waals surface area contributed by atoms with E-state index >= 15 is 0 Å². The third kappa shape index (κ3) is 3.42. The Labute approximate surface area is 128 Å². The van der Waals surface area contributed by atoms with Gasteiger partial charge in [-0.05, 0) is 32.4 Å². The molecule has 0 saturated carbocycles. The predicted octanol–water partition coefficient (Wildman–Crippen LogP) is 3.15. The fraction of sp³-hybridized carbons (Fsp3) is 0.400. The largest absolute Gasteiger partial charge is 0.465 e. The van der Waals surface area contributed by atoms with Gasteiger partial charge in [0.1, 0.15) is 5.41 Å². The Morgan fingerprint density at radius 3 is 2.76 bits per heavy atom. The number of benzene rings is 1. The maximum Gasteiger partial charge on any atom is 0.321 e. The molecule has 5 nitrogen and oxygen atoms in total. The van der Waals surface area contributed by atoms with Crippen molar-refractivity contribution in [2.45, 2.75) is 32.6 Å². The Morgan fingerprint density at radius 2 is 2.10 bits per heavy atom. The van der Waals surface area contributed by atoms with Crippen LogP contribution >= 0.6 is 11.6 Å². The lowest BCUT2D eigenvalue weighted by Gasteiger charge is -2.16. The topological polar surface area (TPSA) is 65.2 Å². The highest BCUT2D eigenvalue weighted by atomic mass is 35.5. The Balaban J connectivity index is 2.18. The van der Waals surface area contributed by atoms with Crippen LogP contribution in [0.15, 0.2) is 28.8 Å². The van der Waals surface area contributed by atoms with Gasteiger partial charge < -0.3 is 9.26 Å². The van der Waals surface area contributed by atoms with E-state index in [1.54, 1.807) is 26.8 Å². The summed E-state index contributed by atoms with van der Waals surface area (Å²) in [6, 6.07) is 7.46. The van der Waals surface area contributed by atoms with E-state index in [0.29, 0.717) is 23.9 Å². The second-order valence-electron chi connectivity index (χ2n) is 5.13. The molecule has 1 aromatic heterocycles. The van der Waals surface area contributed by atoms with Crippen molar-refractivity contribution in [3.63, 3.8) is 0 Å². The van der Waals surface area contributed by atoms with Crippen LogP contribution < -0.4 is 0 Å². The van der Waals surface area contributed by atoms with Crippen molar-refractivity contribution < 1.29 is 14.1 Å². The minimum absolute atomic E-state index is 0.239. The van der Waals surface area contributed by atoms with Gasteiger partial charge in [-0.3, -0.25) is 4.79 Å². The van der Waals surface area contributed by atoms with Crippen molar-refractivity contribution in [1.29, 1.82) is 0 Å². The molecule has 112 valence electrons. The summed E-state index contributed by atoms with van der Waals surface area (Å²) in [5, 5.41) is 4.56. The van der Waals surface area contributed by atoms with Gasteiger partial charge in [0.05, 0.1) is 6.61 Å². The monoisotopic (exact) mass is 308 g/mol. The van der Waals surface area contributed by atoms with Crippen LogP contribution in [-0.4, -0.2) is 22.7 Å². The van der Waals surface area contributed by atoms with E-state index in [1.807, 2.05) is 18.2 Å². The number of carbonyl (C=O) groups excluding carboxylic acids is 1. The van der Waals surface area contributed by atoms with Gasteiger partial charge in [-0.1, -0.05) is 35.0 Å². The first kappa shape index (κ1) is 15.5. The van der Waals surface area contributed by atoms with Gasteiger partial charge in [-0.25, -0.2) is 0 Å². The predicted molar refractivity (Wildman–Crippen MR) is 78.2 cm³/mol. The van der Waals surface area contributed by atoms with Crippen LogP contribution in [0.4, 0.5) is 0 Å². The molecular weight excluding hydrogens is 292 g/mol. The average molecular weight is 309 g/mol. The van der Waals surface area contributed by atoms with E-state index in [0.717, 1.165) is 5.56 Å². The maximum absolute atomic E-state index is 11.9. The molecule has 0 fully saturated rings. The molecule has 0 aliphatic heterocycles. The van der Waals surface area contributed by atoms with Crippen LogP contribution in [0.1, 0.15) is 38.0 Å². The third-order valence-corrected chi connectivity index (χ3v) is 3.46. The number of esters is 1. The molecule has 0 aliphatic carbocycles. The molecule has 6 heteroatoms. The lowest BCUT2D eigenvalue weighted by Crippen LogP contribution is -2.31. The summed E-state index contributed by atoms with van der Waals surface area (Å²) in [4.78, 5) is 16.2. The van der Waals surface area contributed by atoms with Crippen molar-refractivity contribution >= 4 is 17.6 Å². The van der Waals surface area contributed by atoms with Crippen LogP contribution in [0.3, 0.4) is 0 Å². The molecule has 21 heavy (non-hydrogen) atoms. The maximum atomic E-state index is 11.9. The van der Waals surface area contributed by atoms with E-state index in [4.69, 9.17) is 20.9 Å². The lowest BCUT2D eigenvalue weighted by molar-refractivity contribution is -0.149. The van der Waals surface area contributed by atoms with Crippen LogP contribution in [0, 0.1) is 0 Å². The van der Waals surface area contributed by atoms with Crippen molar-refractivity contribution in [2.75, 3.05) is 6.61 Å². The van der Waals surface area contributed by atoms with Crippen molar-refractivity contribution in [3.8, 4) is 0 Å². The van der Waals surface area contributed by atoms with Gasteiger partial charge in [-0.15, -0.1) is 0 Å². The molecule has 0 N–H and O–H groups in total. The zero-order valence-electron chi connectivity index (χ0n) is 12.2.